The Kier molecular flexibility index (Phi) is 10.8. The molecule has 0 aliphatic rings. The van der Waals surface area contributed by atoms with Crippen LogP contribution in [0.5, 0.6) is 0 Å². The first-order valence-electron chi connectivity index (χ1n) is 6.08. The third kappa shape index (κ3) is 5.24. The topological polar surface area (TPSA) is 27.7 Å². The molecule has 0 aromatic carbocycles. The molecule has 0 bridgehead atoms. The first-order chi connectivity index (χ1) is 7.57. The molecule has 106 valence electrons. The smallest absolute Gasteiger partial charge is 0.505 e. The maximum atomic E-state index is 5.45. The minimum atomic E-state index is -2.39. The summed E-state index contributed by atoms with van der Waals surface area (Å²) in [4.78, 5) is 0. The molecule has 0 radical (unpaired) electrons. The summed E-state index contributed by atoms with van der Waals surface area (Å²) in [5.41, 5.74) is 0. The van der Waals surface area contributed by atoms with Crippen molar-refractivity contribution >= 4 is 8.80 Å². The molecule has 0 fully saturated rings. The third-order valence-electron chi connectivity index (χ3n) is 3.84. The molecule has 0 aliphatic carbocycles. The van der Waals surface area contributed by atoms with E-state index in [1.54, 1.807) is 21.3 Å². The lowest BCUT2D eigenvalue weighted by Crippen LogP contribution is -3.00. The van der Waals surface area contributed by atoms with Crippen LogP contribution < -0.4 is 12.4 Å². The predicted molar refractivity (Wildman–Crippen MR) is 68.3 cm³/mol. The molecule has 0 saturated heterocycles. The Balaban J connectivity index is 0. The molecule has 0 saturated carbocycles. The van der Waals surface area contributed by atoms with Crippen molar-refractivity contribution in [2.75, 3.05) is 47.5 Å². The van der Waals surface area contributed by atoms with Crippen molar-refractivity contribution in [3.05, 3.63) is 0 Å². The van der Waals surface area contributed by atoms with Crippen LogP contribution in [0.25, 0.3) is 0 Å². The Bertz CT molecular complexity index is 151. The van der Waals surface area contributed by atoms with Crippen LogP contribution in [0.2, 0.25) is 6.04 Å². The Labute approximate surface area is 114 Å². The van der Waals surface area contributed by atoms with E-state index in [9.17, 15) is 0 Å². The molecular formula is C11H28ClNO3Si. The number of nitrogens with zero attached hydrogens (tertiary/aromatic N) is 1. The highest BCUT2D eigenvalue weighted by molar-refractivity contribution is 6.60. The standard InChI is InChI=1S/C11H28NO3Si.ClH/c1-7-12(8-2,9-3)10-11-16(13-4,14-5)15-6;/h7-11H2,1-6H3;1H/q+1;/p-1. The normalized spacial score (nSPS) is 12.4. The molecule has 0 N–H and O–H groups in total. The minimum absolute atomic E-state index is 0. The highest BCUT2D eigenvalue weighted by atomic mass is 35.5. The van der Waals surface area contributed by atoms with E-state index in [0.717, 1.165) is 36.7 Å². The molecule has 0 aromatic heterocycles. The van der Waals surface area contributed by atoms with Crippen molar-refractivity contribution in [3.8, 4) is 0 Å². The maximum Gasteiger partial charge on any atom is 0.505 e. The summed E-state index contributed by atoms with van der Waals surface area (Å²) < 4.78 is 17.5. The van der Waals surface area contributed by atoms with Crippen LogP contribution >= 0.6 is 0 Å². The van der Waals surface area contributed by atoms with E-state index in [2.05, 4.69) is 20.8 Å². The van der Waals surface area contributed by atoms with Gasteiger partial charge in [-0.2, -0.15) is 0 Å². The van der Waals surface area contributed by atoms with Crippen molar-refractivity contribution in [3.63, 3.8) is 0 Å². The monoisotopic (exact) mass is 285 g/mol. The van der Waals surface area contributed by atoms with E-state index < -0.39 is 8.80 Å². The molecule has 4 nitrogen and oxygen atoms in total. The van der Waals surface area contributed by atoms with Gasteiger partial charge in [0.1, 0.15) is 0 Å². The number of rotatable bonds is 9. The SMILES string of the molecule is CC[N+](CC)(CC)CC[Si](OC)(OC)OC.[Cl-]. The average Bonchev–Trinajstić information content (AvgIpc) is 2.37. The Hall–Kier alpha value is 0.347. The van der Waals surface area contributed by atoms with E-state index >= 15 is 0 Å². The molecular weight excluding hydrogens is 258 g/mol. The maximum absolute atomic E-state index is 5.45. The molecule has 6 heteroatoms. The van der Waals surface area contributed by atoms with Gasteiger partial charge in [-0.05, 0) is 20.8 Å². The van der Waals surface area contributed by atoms with Gasteiger partial charge in [-0.25, -0.2) is 0 Å². The van der Waals surface area contributed by atoms with Crippen LogP contribution in [0.15, 0.2) is 0 Å². The van der Waals surface area contributed by atoms with E-state index in [1.165, 1.54) is 0 Å². The summed E-state index contributed by atoms with van der Waals surface area (Å²) in [6.07, 6.45) is 0. The fraction of sp³-hybridized carbons (Fsp3) is 1.00. The molecule has 0 spiro atoms. The fourth-order valence-electron chi connectivity index (χ4n) is 2.08. The summed E-state index contributed by atoms with van der Waals surface area (Å²) in [6.45, 7) is 11.2. The van der Waals surface area contributed by atoms with Crippen LogP contribution in [0.4, 0.5) is 0 Å². The second kappa shape index (κ2) is 9.30. The Morgan fingerprint density at radius 2 is 1.18 bits per heavy atom. The van der Waals surface area contributed by atoms with Crippen LogP contribution in [0.1, 0.15) is 20.8 Å². The molecule has 0 amide bonds. The molecule has 0 aromatic rings. The third-order valence-corrected chi connectivity index (χ3v) is 6.54. The molecule has 0 heterocycles. The van der Waals surface area contributed by atoms with Crippen molar-refractivity contribution < 1.29 is 30.2 Å². The molecule has 17 heavy (non-hydrogen) atoms. The van der Waals surface area contributed by atoms with Crippen LogP contribution in [0.3, 0.4) is 0 Å². The number of quaternary nitrogens is 1. The lowest BCUT2D eigenvalue weighted by atomic mass is 10.3. The van der Waals surface area contributed by atoms with Crippen LogP contribution in [-0.4, -0.2) is 60.8 Å². The molecule has 0 atom stereocenters. The van der Waals surface area contributed by atoms with Gasteiger partial charge in [-0.15, -0.1) is 0 Å². The zero-order valence-corrected chi connectivity index (χ0v) is 13.8. The van der Waals surface area contributed by atoms with E-state index in [4.69, 9.17) is 13.3 Å². The summed E-state index contributed by atoms with van der Waals surface area (Å²) in [5, 5.41) is 0. The molecule has 0 rings (SSSR count). The summed E-state index contributed by atoms with van der Waals surface area (Å²) in [7, 11) is 2.64. The van der Waals surface area contributed by atoms with Gasteiger partial charge in [0.15, 0.2) is 0 Å². The lowest BCUT2D eigenvalue weighted by Gasteiger charge is -2.37. The highest BCUT2D eigenvalue weighted by Crippen LogP contribution is 2.17. The van der Waals surface area contributed by atoms with E-state index in [1.807, 2.05) is 0 Å². The second-order valence-electron chi connectivity index (χ2n) is 4.06. The van der Waals surface area contributed by atoms with Gasteiger partial charge in [0, 0.05) is 21.3 Å². The van der Waals surface area contributed by atoms with E-state index in [0.29, 0.717) is 0 Å². The summed E-state index contributed by atoms with van der Waals surface area (Å²) >= 11 is 0. The van der Waals surface area contributed by atoms with Gasteiger partial charge in [0.2, 0.25) is 0 Å². The van der Waals surface area contributed by atoms with Gasteiger partial charge in [0.25, 0.3) is 0 Å². The zero-order chi connectivity index (χ0) is 12.7. The average molecular weight is 286 g/mol. The fourth-order valence-corrected chi connectivity index (χ4v) is 3.94. The molecule has 0 unspecified atom stereocenters. The molecule has 0 aliphatic heterocycles. The van der Waals surface area contributed by atoms with E-state index in [-0.39, 0.29) is 12.4 Å². The summed E-state index contributed by atoms with van der Waals surface area (Å²) in [6, 6.07) is 0.881. The van der Waals surface area contributed by atoms with Gasteiger partial charge >= 0.3 is 8.80 Å². The second-order valence-corrected chi connectivity index (χ2v) is 7.15. The van der Waals surface area contributed by atoms with Crippen LogP contribution in [-0.2, 0) is 13.3 Å². The Morgan fingerprint density at radius 1 is 0.824 bits per heavy atom. The van der Waals surface area contributed by atoms with Crippen LogP contribution in [0, 0.1) is 0 Å². The van der Waals surface area contributed by atoms with Gasteiger partial charge in [-0.1, -0.05) is 0 Å². The lowest BCUT2D eigenvalue weighted by molar-refractivity contribution is -0.921. The number of halogens is 1. The van der Waals surface area contributed by atoms with Gasteiger partial charge in [-0.3, -0.25) is 0 Å². The first-order valence-corrected chi connectivity index (χ1v) is 8.01. The highest BCUT2D eigenvalue weighted by Gasteiger charge is 2.40. The first kappa shape index (κ1) is 19.7. The van der Waals surface area contributed by atoms with Crippen molar-refractivity contribution in [2.24, 2.45) is 0 Å². The van der Waals surface area contributed by atoms with Crippen molar-refractivity contribution in [2.45, 2.75) is 26.8 Å². The van der Waals surface area contributed by atoms with Crippen molar-refractivity contribution in [1.29, 1.82) is 0 Å². The number of hydrogen-bond donors (Lipinski definition) is 0. The minimum Gasteiger partial charge on any atom is -1.00 e. The largest absolute Gasteiger partial charge is 1.00 e. The Morgan fingerprint density at radius 3 is 1.41 bits per heavy atom. The zero-order valence-electron chi connectivity index (χ0n) is 12.1. The summed E-state index contributed by atoms with van der Waals surface area (Å²) in [5.74, 6) is 0. The quantitative estimate of drug-likeness (QED) is 0.391. The van der Waals surface area contributed by atoms with Gasteiger partial charge in [0.05, 0.1) is 32.2 Å². The number of hydrogen-bond acceptors (Lipinski definition) is 3. The van der Waals surface area contributed by atoms with Crippen molar-refractivity contribution in [1.82, 2.24) is 0 Å². The predicted octanol–water partition coefficient (Wildman–Crippen LogP) is -1.25. The van der Waals surface area contributed by atoms with Gasteiger partial charge < -0.3 is 30.2 Å².